The third-order valence-corrected chi connectivity index (χ3v) is 3.66. The van der Waals surface area contributed by atoms with Crippen LogP contribution < -0.4 is 4.74 Å². The van der Waals surface area contributed by atoms with Crippen molar-refractivity contribution < 1.29 is 9.53 Å². The van der Waals surface area contributed by atoms with E-state index in [1.807, 2.05) is 48.5 Å². The number of H-pyrrole nitrogens is 1. The molecule has 0 radical (unpaired) electrons. The fourth-order valence-corrected chi connectivity index (χ4v) is 2.59. The van der Waals surface area contributed by atoms with E-state index in [2.05, 4.69) is 16.0 Å². The van der Waals surface area contributed by atoms with Crippen molar-refractivity contribution in [2.45, 2.75) is 0 Å². The average Bonchev–Trinajstić information content (AvgIpc) is 2.99. The molecule has 4 aromatic rings. The van der Waals surface area contributed by atoms with Crippen LogP contribution in [0.4, 0.5) is 0 Å². The fraction of sp³-hybridized carbons (Fsp3) is 0. The van der Waals surface area contributed by atoms with E-state index in [1.165, 1.54) is 0 Å². The maximum atomic E-state index is 10.4. The maximum Gasteiger partial charge on any atom is 0.298 e. The zero-order chi connectivity index (χ0) is 14.9. The Labute approximate surface area is 126 Å². The van der Waals surface area contributed by atoms with Crippen molar-refractivity contribution in [2.24, 2.45) is 0 Å². The zero-order valence-electron chi connectivity index (χ0n) is 11.6. The molecule has 0 atom stereocenters. The van der Waals surface area contributed by atoms with Crippen LogP contribution in [0.5, 0.6) is 5.75 Å². The van der Waals surface area contributed by atoms with Crippen molar-refractivity contribution >= 4 is 28.3 Å². The molecule has 4 heteroatoms. The number of hydrogen-bond acceptors (Lipinski definition) is 3. The number of rotatable bonds is 3. The normalized spacial score (nSPS) is 10.9. The lowest BCUT2D eigenvalue weighted by molar-refractivity contribution is -0.120. The molecule has 1 heterocycles. The molecule has 0 spiro atoms. The summed E-state index contributed by atoms with van der Waals surface area (Å²) in [5.41, 5.74) is 2.99. The first-order valence-corrected chi connectivity index (χ1v) is 6.93. The van der Waals surface area contributed by atoms with Crippen LogP contribution in [0.25, 0.3) is 33.2 Å². The van der Waals surface area contributed by atoms with E-state index >= 15 is 0 Å². The van der Waals surface area contributed by atoms with Gasteiger partial charge >= 0.3 is 0 Å². The third kappa shape index (κ3) is 2.11. The highest BCUT2D eigenvalue weighted by molar-refractivity contribution is 5.89. The van der Waals surface area contributed by atoms with Crippen LogP contribution in [0.15, 0.2) is 60.7 Å². The van der Waals surface area contributed by atoms with Gasteiger partial charge in [-0.3, -0.25) is 4.79 Å². The highest BCUT2D eigenvalue weighted by atomic mass is 16.5. The van der Waals surface area contributed by atoms with E-state index < -0.39 is 0 Å². The quantitative estimate of drug-likeness (QED) is 0.581. The summed E-state index contributed by atoms with van der Waals surface area (Å²) in [6.07, 6.45) is 0. The van der Waals surface area contributed by atoms with E-state index in [0.717, 1.165) is 33.2 Å². The first-order chi connectivity index (χ1) is 10.8. The summed E-state index contributed by atoms with van der Waals surface area (Å²) in [6, 6.07) is 19.6. The summed E-state index contributed by atoms with van der Waals surface area (Å²) in [5.74, 6) is 1.38. The number of aromatic amines is 1. The summed E-state index contributed by atoms with van der Waals surface area (Å²) in [6.45, 7) is 0.434. The molecule has 22 heavy (non-hydrogen) atoms. The molecule has 1 N–H and O–H groups in total. The van der Waals surface area contributed by atoms with Gasteiger partial charge in [0.2, 0.25) is 0 Å². The van der Waals surface area contributed by atoms with Gasteiger partial charge in [-0.1, -0.05) is 30.3 Å². The second kappa shape index (κ2) is 5.00. The van der Waals surface area contributed by atoms with E-state index in [4.69, 9.17) is 4.74 Å². The van der Waals surface area contributed by atoms with Crippen molar-refractivity contribution in [3.8, 4) is 17.1 Å². The van der Waals surface area contributed by atoms with Crippen molar-refractivity contribution in [3.05, 3.63) is 60.7 Å². The molecule has 0 saturated heterocycles. The van der Waals surface area contributed by atoms with Gasteiger partial charge in [-0.2, -0.15) is 0 Å². The molecule has 0 bridgehead atoms. The molecule has 3 aromatic carbocycles. The lowest BCUT2D eigenvalue weighted by Gasteiger charge is -2.03. The van der Waals surface area contributed by atoms with Gasteiger partial charge in [0, 0.05) is 5.56 Å². The Morgan fingerprint density at radius 1 is 0.955 bits per heavy atom. The van der Waals surface area contributed by atoms with E-state index in [0.29, 0.717) is 12.2 Å². The van der Waals surface area contributed by atoms with Gasteiger partial charge in [0.15, 0.2) is 0 Å². The summed E-state index contributed by atoms with van der Waals surface area (Å²) in [4.78, 5) is 18.3. The zero-order valence-corrected chi connectivity index (χ0v) is 11.6. The molecule has 0 aliphatic rings. The number of imidazole rings is 1. The molecule has 1 aromatic heterocycles. The van der Waals surface area contributed by atoms with Crippen molar-refractivity contribution in [3.63, 3.8) is 0 Å². The summed E-state index contributed by atoms with van der Waals surface area (Å²) >= 11 is 0. The Kier molecular flexibility index (Phi) is 2.86. The van der Waals surface area contributed by atoms with Crippen LogP contribution >= 0.6 is 0 Å². The molecule has 0 aliphatic heterocycles. The van der Waals surface area contributed by atoms with E-state index in [-0.39, 0.29) is 0 Å². The Morgan fingerprint density at radius 2 is 1.77 bits per heavy atom. The summed E-state index contributed by atoms with van der Waals surface area (Å²) in [5, 5.41) is 2.08. The Morgan fingerprint density at radius 3 is 2.64 bits per heavy atom. The second-order valence-corrected chi connectivity index (χ2v) is 5.04. The molecule has 106 valence electrons. The minimum Gasteiger partial charge on any atom is -0.429 e. The molecular formula is C18H12N2O2. The highest BCUT2D eigenvalue weighted by Crippen LogP contribution is 2.26. The first kappa shape index (κ1) is 12.6. The molecule has 4 nitrogen and oxygen atoms in total. The van der Waals surface area contributed by atoms with Crippen LogP contribution in [0.2, 0.25) is 0 Å². The average molecular weight is 288 g/mol. The van der Waals surface area contributed by atoms with Gasteiger partial charge in [0.05, 0.1) is 11.0 Å². The number of benzene rings is 3. The molecule has 0 amide bonds. The lowest BCUT2D eigenvalue weighted by Crippen LogP contribution is -1.88. The number of carbonyl (C=O) groups excluding carboxylic acids is 1. The predicted molar refractivity (Wildman–Crippen MR) is 85.7 cm³/mol. The van der Waals surface area contributed by atoms with Gasteiger partial charge in [-0.15, -0.1) is 0 Å². The Hall–Kier alpha value is -3.14. The van der Waals surface area contributed by atoms with Gasteiger partial charge in [0.25, 0.3) is 6.47 Å². The highest BCUT2D eigenvalue weighted by Gasteiger charge is 2.06. The number of nitrogens with zero attached hydrogens (tertiary/aromatic N) is 1. The Bertz CT molecular complexity index is 956. The Balaban J connectivity index is 1.81. The van der Waals surface area contributed by atoms with Gasteiger partial charge in [0.1, 0.15) is 11.6 Å². The number of ether oxygens (including phenoxy) is 1. The standard InChI is InChI=1S/C18H12N2O2/c21-11-22-15-8-7-12-9-14(6-5-13(12)10-15)18-19-16-3-1-2-4-17(16)20-18/h1-11H,(H,19,20). The van der Waals surface area contributed by atoms with Crippen LogP contribution in [0.1, 0.15) is 0 Å². The largest absolute Gasteiger partial charge is 0.429 e. The third-order valence-electron chi connectivity index (χ3n) is 3.66. The molecule has 0 aliphatic carbocycles. The van der Waals surface area contributed by atoms with Crippen LogP contribution in [-0.2, 0) is 4.79 Å². The van der Waals surface area contributed by atoms with Crippen LogP contribution in [-0.4, -0.2) is 16.4 Å². The lowest BCUT2D eigenvalue weighted by atomic mass is 10.1. The summed E-state index contributed by atoms with van der Waals surface area (Å²) < 4.78 is 4.87. The molecule has 0 fully saturated rings. The molecular weight excluding hydrogens is 276 g/mol. The minimum atomic E-state index is 0.434. The number of aromatic nitrogens is 2. The number of para-hydroxylation sites is 2. The number of hydrogen-bond donors (Lipinski definition) is 1. The SMILES string of the molecule is O=COc1ccc2cc(-c3nc4ccccc4[nH]3)ccc2c1. The summed E-state index contributed by atoms with van der Waals surface area (Å²) in [7, 11) is 0. The van der Waals surface area contributed by atoms with Crippen molar-refractivity contribution in [1.82, 2.24) is 9.97 Å². The predicted octanol–water partition coefficient (Wildman–Crippen LogP) is 3.92. The monoisotopic (exact) mass is 288 g/mol. The van der Waals surface area contributed by atoms with Crippen molar-refractivity contribution in [2.75, 3.05) is 0 Å². The number of nitrogens with one attached hydrogen (secondary N) is 1. The number of fused-ring (bicyclic) bond motifs is 2. The number of carbonyl (C=O) groups is 1. The topological polar surface area (TPSA) is 55.0 Å². The minimum absolute atomic E-state index is 0.434. The van der Waals surface area contributed by atoms with Gasteiger partial charge in [-0.05, 0) is 41.1 Å². The van der Waals surface area contributed by atoms with Crippen LogP contribution in [0, 0.1) is 0 Å². The van der Waals surface area contributed by atoms with E-state index in [1.54, 1.807) is 6.07 Å². The van der Waals surface area contributed by atoms with E-state index in [9.17, 15) is 4.79 Å². The molecule has 0 unspecified atom stereocenters. The van der Waals surface area contributed by atoms with Gasteiger partial charge in [-0.25, -0.2) is 4.98 Å². The van der Waals surface area contributed by atoms with Crippen LogP contribution in [0.3, 0.4) is 0 Å². The smallest absolute Gasteiger partial charge is 0.298 e. The fourth-order valence-electron chi connectivity index (χ4n) is 2.59. The maximum absolute atomic E-state index is 10.4. The second-order valence-electron chi connectivity index (χ2n) is 5.04. The van der Waals surface area contributed by atoms with Crippen molar-refractivity contribution in [1.29, 1.82) is 0 Å². The molecule has 4 rings (SSSR count). The van der Waals surface area contributed by atoms with Gasteiger partial charge < -0.3 is 9.72 Å². The first-order valence-electron chi connectivity index (χ1n) is 6.93. The molecule has 0 saturated carbocycles.